The van der Waals surface area contributed by atoms with Crippen LogP contribution in [0.3, 0.4) is 0 Å². The van der Waals surface area contributed by atoms with Gasteiger partial charge in [0.15, 0.2) is 12.5 Å². The van der Waals surface area contributed by atoms with E-state index in [1.54, 1.807) is 0 Å². The second kappa shape index (κ2) is 11.1. The van der Waals surface area contributed by atoms with Crippen molar-refractivity contribution in [2.24, 2.45) is 5.90 Å². The fourth-order valence-corrected chi connectivity index (χ4v) is 5.02. The third-order valence-electron chi connectivity index (χ3n) is 5.85. The van der Waals surface area contributed by atoms with E-state index in [9.17, 15) is 34.6 Å². The van der Waals surface area contributed by atoms with Gasteiger partial charge < -0.3 is 41.4 Å². The summed E-state index contributed by atoms with van der Waals surface area (Å²) in [5.74, 6) is 4.95. The second-order valence-corrected chi connectivity index (χ2v) is 9.86. The minimum atomic E-state index is -4.75. The molecule has 2 fully saturated rings. The molecular formula is C18H26N7O12P. The van der Waals surface area contributed by atoms with Crippen LogP contribution >= 0.6 is 7.82 Å². The van der Waals surface area contributed by atoms with E-state index < -0.39 is 81.5 Å². The van der Waals surface area contributed by atoms with E-state index in [1.807, 2.05) is 0 Å². The summed E-state index contributed by atoms with van der Waals surface area (Å²) in [7, 11) is -4.75. The number of aliphatic hydroxyl groups is 4. The van der Waals surface area contributed by atoms with E-state index in [4.69, 9.17) is 35.9 Å². The maximum Gasteiger partial charge on any atom is 0.491 e. The highest BCUT2D eigenvalue weighted by Gasteiger charge is 2.51. The Kier molecular flexibility index (Phi) is 8.26. The molecule has 0 unspecified atom stereocenters. The molecule has 4 heterocycles. The fourth-order valence-electron chi connectivity index (χ4n) is 3.96. The number of rotatable bonds is 9. The van der Waals surface area contributed by atoms with Crippen LogP contribution in [0, 0.1) is 0 Å². The zero-order valence-electron chi connectivity index (χ0n) is 19.4. The molecule has 2 aliphatic rings. The number of nitrogen functional groups attached to an aromatic ring is 2. The van der Waals surface area contributed by atoms with Crippen molar-refractivity contribution in [3.63, 3.8) is 0 Å². The molecule has 2 saturated heterocycles. The molecule has 10 N–H and O–H groups in total. The number of hydrogen-bond acceptors (Lipinski definition) is 17. The smallest absolute Gasteiger partial charge is 0.394 e. The van der Waals surface area contributed by atoms with Crippen LogP contribution < -0.4 is 28.7 Å². The van der Waals surface area contributed by atoms with Crippen LogP contribution in [0.15, 0.2) is 34.1 Å². The van der Waals surface area contributed by atoms with Gasteiger partial charge in [-0.1, -0.05) is 0 Å². The lowest BCUT2D eigenvalue weighted by molar-refractivity contribution is -0.0636. The molecule has 0 spiro atoms. The highest BCUT2D eigenvalue weighted by molar-refractivity contribution is 7.48. The largest absolute Gasteiger partial charge is 0.491 e. The minimum Gasteiger partial charge on any atom is -0.394 e. The average molecular weight is 563 g/mol. The summed E-state index contributed by atoms with van der Waals surface area (Å²) in [5.41, 5.74) is 9.16. The van der Waals surface area contributed by atoms with Gasteiger partial charge in [0.25, 0.3) is 0 Å². The molecule has 0 saturated carbocycles. The SMILES string of the molecule is NO[P@@](=O)(OC[C@@H]1O[C@@H](n2ccc(N)nc2=O)[C@@H](O)[C@@H]1O)O[C@H]1[C@@H](O)[C@@H](n2ccc(N)nc2=O)O[C@H]1CO. The highest BCUT2D eigenvalue weighted by atomic mass is 31.2. The predicted molar refractivity (Wildman–Crippen MR) is 122 cm³/mol. The van der Waals surface area contributed by atoms with Gasteiger partial charge in [0, 0.05) is 12.4 Å². The molecule has 38 heavy (non-hydrogen) atoms. The number of hydrogen-bond donors (Lipinski definition) is 7. The third-order valence-corrected chi connectivity index (χ3v) is 7.08. The summed E-state index contributed by atoms with van der Waals surface area (Å²) in [4.78, 5) is 31.3. The van der Waals surface area contributed by atoms with Crippen molar-refractivity contribution in [3.05, 3.63) is 45.5 Å². The molecule has 0 bridgehead atoms. The molecule has 0 radical (unpaired) electrons. The standard InChI is InChI=1S/C18H26N7O12P/c19-9-1-3-24(17(30)22-9)15-12(28)11(27)8(35-15)6-33-38(32,37-21)36-14-7(5-26)34-16(13(14)29)25-4-2-10(20)23-18(25)31/h1-4,7-8,11-16,26-29H,5-6,21H2,(H2,19,22,30)(H2,20,23,31)/t7-,8-,11+,12-,13+,14+,15+,16-,38-/m0/s1. The van der Waals surface area contributed by atoms with Gasteiger partial charge in [0.1, 0.15) is 48.3 Å². The summed E-state index contributed by atoms with van der Waals surface area (Å²) in [5, 5.41) is 41.1. The maximum absolute atomic E-state index is 13.1. The molecule has 0 aromatic carbocycles. The number of phosphoric acid groups is 1. The molecule has 9 atom stereocenters. The number of anilines is 2. The number of aliphatic hydroxyl groups excluding tert-OH is 4. The Morgan fingerprint density at radius 1 is 0.921 bits per heavy atom. The van der Waals surface area contributed by atoms with E-state index in [1.165, 1.54) is 24.5 Å². The Bertz CT molecular complexity index is 1310. The molecule has 20 heteroatoms. The zero-order valence-corrected chi connectivity index (χ0v) is 20.3. The van der Waals surface area contributed by atoms with Crippen molar-refractivity contribution in [1.29, 1.82) is 0 Å². The molecule has 0 aliphatic carbocycles. The molecule has 0 amide bonds. The first-order chi connectivity index (χ1) is 18.0. The molecule has 2 aliphatic heterocycles. The summed E-state index contributed by atoms with van der Waals surface area (Å²) in [6.07, 6.45) is -9.66. The monoisotopic (exact) mass is 563 g/mol. The van der Waals surface area contributed by atoms with Crippen molar-refractivity contribution >= 4 is 19.5 Å². The van der Waals surface area contributed by atoms with Gasteiger partial charge in [-0.2, -0.15) is 9.97 Å². The Morgan fingerprint density at radius 2 is 1.45 bits per heavy atom. The van der Waals surface area contributed by atoms with Crippen LogP contribution in [0.25, 0.3) is 0 Å². The van der Waals surface area contributed by atoms with Gasteiger partial charge in [-0.3, -0.25) is 18.2 Å². The fraction of sp³-hybridized carbons (Fsp3) is 0.556. The van der Waals surface area contributed by atoms with E-state index in [-0.39, 0.29) is 11.6 Å². The van der Waals surface area contributed by atoms with Crippen molar-refractivity contribution in [2.75, 3.05) is 24.7 Å². The Labute approximate surface area is 212 Å². The number of phosphoric ester groups is 1. The normalized spacial score (nSPS) is 32.9. The lowest BCUT2D eigenvalue weighted by Gasteiger charge is -2.25. The topological polar surface area (TPSA) is 292 Å². The summed E-state index contributed by atoms with van der Waals surface area (Å²) in [6.45, 7) is -1.48. The van der Waals surface area contributed by atoms with Gasteiger partial charge in [-0.25, -0.2) is 24.7 Å². The lowest BCUT2D eigenvalue weighted by atomic mass is 10.1. The van der Waals surface area contributed by atoms with Gasteiger partial charge in [0.2, 0.25) is 0 Å². The van der Waals surface area contributed by atoms with E-state index in [2.05, 4.69) is 14.6 Å². The van der Waals surface area contributed by atoms with Crippen LogP contribution in [0.1, 0.15) is 12.5 Å². The van der Waals surface area contributed by atoms with Crippen LogP contribution in [0.5, 0.6) is 0 Å². The Hall–Kier alpha value is -2.81. The summed E-state index contributed by atoms with van der Waals surface area (Å²) < 4.78 is 40.5. The Morgan fingerprint density at radius 3 is 1.95 bits per heavy atom. The lowest BCUT2D eigenvalue weighted by Crippen LogP contribution is -2.38. The molecule has 210 valence electrons. The molecule has 2 aromatic heterocycles. The quantitative estimate of drug-likeness (QED) is 0.113. The number of nitrogens with zero attached hydrogens (tertiary/aromatic N) is 4. The second-order valence-electron chi connectivity index (χ2n) is 8.29. The summed E-state index contributed by atoms with van der Waals surface area (Å²) in [6, 6.07) is 2.53. The molecule has 4 rings (SSSR count). The van der Waals surface area contributed by atoms with E-state index >= 15 is 0 Å². The van der Waals surface area contributed by atoms with Gasteiger partial charge >= 0.3 is 19.2 Å². The van der Waals surface area contributed by atoms with E-state index in [0.717, 1.165) is 9.13 Å². The summed E-state index contributed by atoms with van der Waals surface area (Å²) >= 11 is 0. The minimum absolute atomic E-state index is 0.0728. The number of nitrogens with two attached hydrogens (primary N) is 3. The third kappa shape index (κ3) is 5.48. The molecular weight excluding hydrogens is 537 g/mol. The predicted octanol–water partition coefficient (Wildman–Crippen LogP) is -4.07. The van der Waals surface area contributed by atoms with Gasteiger partial charge in [0.05, 0.1) is 13.2 Å². The van der Waals surface area contributed by atoms with Crippen LogP contribution in [-0.4, -0.2) is 89.4 Å². The number of aromatic nitrogens is 4. The molecule has 2 aromatic rings. The Balaban J connectivity index is 1.46. The van der Waals surface area contributed by atoms with Crippen molar-refractivity contribution < 1.29 is 48.1 Å². The highest BCUT2D eigenvalue weighted by Crippen LogP contribution is 2.52. The van der Waals surface area contributed by atoms with Crippen molar-refractivity contribution in [3.8, 4) is 0 Å². The first-order valence-corrected chi connectivity index (χ1v) is 12.4. The van der Waals surface area contributed by atoms with E-state index in [0.29, 0.717) is 0 Å². The van der Waals surface area contributed by atoms with Crippen LogP contribution in [-0.2, 0) is 27.7 Å². The van der Waals surface area contributed by atoms with Crippen LogP contribution in [0.2, 0.25) is 0 Å². The number of ether oxygens (including phenoxy) is 2. The first-order valence-electron chi connectivity index (χ1n) is 10.9. The maximum atomic E-state index is 13.1. The average Bonchev–Trinajstić information content (AvgIpc) is 3.33. The van der Waals surface area contributed by atoms with Crippen molar-refractivity contribution in [2.45, 2.75) is 49.1 Å². The first kappa shape index (κ1) is 28.2. The van der Waals surface area contributed by atoms with Crippen molar-refractivity contribution in [1.82, 2.24) is 19.1 Å². The van der Waals surface area contributed by atoms with Crippen LogP contribution in [0.4, 0.5) is 11.6 Å². The zero-order chi connectivity index (χ0) is 27.8. The molecule has 19 nitrogen and oxygen atoms in total. The van der Waals surface area contributed by atoms with Gasteiger partial charge in [-0.15, -0.1) is 0 Å². The van der Waals surface area contributed by atoms with Gasteiger partial charge in [-0.05, 0) is 12.1 Å².